The number of aromatic nitrogens is 4. The summed E-state index contributed by atoms with van der Waals surface area (Å²) in [7, 11) is 7.40. The Morgan fingerprint density at radius 1 is 0.543 bits per heavy atom. The van der Waals surface area contributed by atoms with Gasteiger partial charge in [0, 0.05) is 84.3 Å². The van der Waals surface area contributed by atoms with Crippen molar-refractivity contribution in [2.75, 3.05) is 120 Å². The van der Waals surface area contributed by atoms with Crippen molar-refractivity contribution < 1.29 is 72.1 Å². The molecule has 4 aromatic heterocycles. The number of benzene rings is 2. The molecule has 2 aromatic carbocycles. The van der Waals surface area contributed by atoms with E-state index in [-0.39, 0.29) is 153 Å². The molecule has 2 aliphatic heterocycles. The Labute approximate surface area is 531 Å². The van der Waals surface area contributed by atoms with E-state index in [0.29, 0.717) is 41.4 Å². The zero-order valence-corrected chi connectivity index (χ0v) is 52.9. The van der Waals surface area contributed by atoms with Crippen LogP contribution in [0.15, 0.2) is 82.4 Å². The Bertz CT molecular complexity index is 3520. The minimum Gasteiger partial charge on any atom is -0.466 e. The molecule has 6 N–H and O–H groups in total. The number of amides is 4. The molecule has 92 heavy (non-hydrogen) atoms. The van der Waals surface area contributed by atoms with Gasteiger partial charge in [0.05, 0.1) is 92.1 Å². The Kier molecular flexibility index (Phi) is 24.3. The first-order valence-electron chi connectivity index (χ1n) is 30.8. The van der Waals surface area contributed by atoms with Crippen LogP contribution in [-0.2, 0) is 84.9 Å². The summed E-state index contributed by atoms with van der Waals surface area (Å²) in [6.07, 6.45) is -2.57. The number of nitrogens with zero attached hydrogens (tertiary/aromatic N) is 6. The van der Waals surface area contributed by atoms with Crippen LogP contribution in [-0.4, -0.2) is 196 Å². The number of aliphatic hydroxyl groups is 2. The van der Waals surface area contributed by atoms with Gasteiger partial charge in [0.15, 0.2) is 11.2 Å². The van der Waals surface area contributed by atoms with Crippen LogP contribution in [0.25, 0.3) is 44.6 Å². The third-order valence-corrected chi connectivity index (χ3v) is 15.8. The molecule has 0 saturated heterocycles. The largest absolute Gasteiger partial charge is 0.508 e. The second-order valence-corrected chi connectivity index (χ2v) is 22.7. The quantitative estimate of drug-likeness (QED) is 0.0190. The number of likely N-dealkylation sites (N-methyl/N-ethyl adjacent to an activating group) is 2. The van der Waals surface area contributed by atoms with Gasteiger partial charge in [0.25, 0.3) is 22.9 Å². The monoisotopic (exact) mass is 1270 g/mol. The van der Waals surface area contributed by atoms with E-state index < -0.39 is 65.1 Å². The van der Waals surface area contributed by atoms with Gasteiger partial charge in [0.2, 0.25) is 0 Å². The molecule has 0 aliphatic carbocycles. The smallest absolute Gasteiger partial charge is 0.466 e. The van der Waals surface area contributed by atoms with Gasteiger partial charge in [-0.05, 0) is 96.7 Å². The first-order chi connectivity index (χ1) is 44.3. The van der Waals surface area contributed by atoms with Crippen LogP contribution < -0.4 is 32.4 Å². The lowest BCUT2D eigenvalue weighted by Gasteiger charge is -2.29. The molecule has 27 heteroatoms. The zero-order valence-electron chi connectivity index (χ0n) is 52.9. The maximum absolute atomic E-state index is 14.3. The van der Waals surface area contributed by atoms with Crippen molar-refractivity contribution in [2.45, 2.75) is 83.3 Å². The fourth-order valence-corrected chi connectivity index (χ4v) is 10.7. The molecule has 0 unspecified atom stereocenters. The van der Waals surface area contributed by atoms with E-state index in [9.17, 15) is 48.6 Å². The number of carbonyl (C=O) groups is 6. The molecule has 0 fully saturated rings. The predicted molar refractivity (Wildman–Crippen MR) is 338 cm³/mol. The number of ether oxygens (including phenoxy) is 7. The summed E-state index contributed by atoms with van der Waals surface area (Å²) in [6.45, 7) is 4.93. The summed E-state index contributed by atoms with van der Waals surface area (Å²) in [5, 5.41) is 36.5. The maximum atomic E-state index is 14.3. The average Bonchev–Trinajstić information content (AvgIpc) is 1.53. The van der Waals surface area contributed by atoms with Gasteiger partial charge in [-0.3, -0.25) is 24.0 Å². The highest BCUT2D eigenvalue weighted by atomic mass is 16.7. The van der Waals surface area contributed by atoms with E-state index in [2.05, 4.69) is 21.3 Å². The van der Waals surface area contributed by atoms with Crippen LogP contribution in [0, 0.1) is 0 Å². The van der Waals surface area contributed by atoms with Gasteiger partial charge < -0.3 is 83.6 Å². The van der Waals surface area contributed by atoms with Gasteiger partial charge in [-0.25, -0.2) is 24.4 Å². The molecule has 6 heterocycles. The summed E-state index contributed by atoms with van der Waals surface area (Å²) < 4.78 is 40.1. The van der Waals surface area contributed by atoms with Gasteiger partial charge in [-0.2, -0.15) is 0 Å². The first kappa shape index (κ1) is 69.0. The predicted octanol–water partition coefficient (Wildman–Crippen LogP) is 3.81. The molecule has 6 aromatic rings. The number of rotatable bonds is 34. The molecular formula is C65H82N10O17. The molecular weight excluding hydrogens is 1190 g/mol. The van der Waals surface area contributed by atoms with Gasteiger partial charge in [-0.1, -0.05) is 50.2 Å². The van der Waals surface area contributed by atoms with Crippen molar-refractivity contribution in [2.24, 2.45) is 0 Å². The van der Waals surface area contributed by atoms with E-state index in [1.54, 1.807) is 30.5 Å². The van der Waals surface area contributed by atoms with Crippen LogP contribution in [0.5, 0.6) is 0 Å². The Balaban J connectivity index is 0.671. The lowest BCUT2D eigenvalue weighted by atomic mass is 9.85. The lowest BCUT2D eigenvalue weighted by molar-refractivity contribution is -0.143. The van der Waals surface area contributed by atoms with E-state index in [1.165, 1.54) is 4.57 Å². The third-order valence-electron chi connectivity index (χ3n) is 15.8. The Hall–Kier alpha value is -8.86. The molecule has 0 spiro atoms. The number of hydrogen-bond donors (Lipinski definition) is 6. The van der Waals surface area contributed by atoms with Crippen molar-refractivity contribution in [3.8, 4) is 22.8 Å². The maximum Gasteiger partial charge on any atom is 0.508 e. The van der Waals surface area contributed by atoms with Crippen LogP contribution in [0.1, 0.15) is 79.3 Å². The van der Waals surface area contributed by atoms with Gasteiger partial charge in [0.1, 0.15) is 19.8 Å². The SMILES string of the molecule is CC[C@@](O)(C(=O)NCCN(C)C)c1cc2n(c(=O)c1CCC(=O)OCCCNC(=O)OCCOCCOCCOC(=O)NCCCOC(=O)OCc1c([C@@](O)(CC)C(=O)NCCN(C)C)cc3n(c1=O)Cc1cc4ccccc4nc1-3)Cc1cc3ccccc3nc1-2. The van der Waals surface area contributed by atoms with E-state index in [4.69, 9.17) is 43.1 Å². The highest BCUT2D eigenvalue weighted by Crippen LogP contribution is 2.39. The molecule has 0 radical (unpaired) electrons. The van der Waals surface area contributed by atoms with E-state index in [1.807, 2.05) is 98.7 Å². The molecule has 0 bridgehead atoms. The zero-order chi connectivity index (χ0) is 66.0. The molecule has 2 aliphatic rings. The van der Waals surface area contributed by atoms with Crippen molar-refractivity contribution in [3.05, 3.63) is 127 Å². The Morgan fingerprint density at radius 2 is 0.989 bits per heavy atom. The number of hydrogen-bond acceptors (Lipinski definition) is 21. The van der Waals surface area contributed by atoms with Crippen molar-refractivity contribution in [1.82, 2.24) is 50.2 Å². The highest BCUT2D eigenvalue weighted by molar-refractivity contribution is 5.90. The van der Waals surface area contributed by atoms with E-state index >= 15 is 0 Å². The summed E-state index contributed by atoms with van der Waals surface area (Å²) in [4.78, 5) is 120. The molecule has 494 valence electrons. The summed E-state index contributed by atoms with van der Waals surface area (Å²) in [5.74, 6) is -1.99. The lowest BCUT2D eigenvalue weighted by Crippen LogP contribution is -2.47. The van der Waals surface area contributed by atoms with Crippen LogP contribution in [0.3, 0.4) is 0 Å². The molecule has 8 rings (SSSR count). The van der Waals surface area contributed by atoms with Crippen LogP contribution >= 0.6 is 0 Å². The van der Waals surface area contributed by atoms with Crippen LogP contribution in [0.2, 0.25) is 0 Å². The molecule has 2 atom stereocenters. The number of para-hydroxylation sites is 2. The number of carbonyl (C=O) groups excluding carboxylic acids is 6. The molecule has 4 amide bonds. The molecule has 0 saturated carbocycles. The van der Waals surface area contributed by atoms with Crippen molar-refractivity contribution in [3.63, 3.8) is 0 Å². The fraction of sp³-hybridized carbons (Fsp3) is 0.477. The topological polar surface area (TPSA) is 332 Å². The number of fused-ring (bicyclic) bond motifs is 8. The van der Waals surface area contributed by atoms with Gasteiger partial charge in [-0.15, -0.1) is 0 Å². The number of pyridine rings is 4. The standard InChI is InChI=1S/C65H82N10O17/c1-7-64(84,59(79)66-23-25-72(3)4)48-37-52-55-44(35-42-15-9-11-17-50(42)70-55)39-74(52)57(77)46(48)19-20-54(76)88-27-13-21-68-61(81)89-33-31-86-29-30-87-32-34-90-62(82)69-22-14-28-91-63(83)92-41-47-49(65(85,8-2)60(80)67-24-26-73(5)6)38-53-56-45(40-75(53)58(47)78)36-43-16-10-12-18-51(43)71-56/h9-12,15-18,35-38,84-85H,7-8,13-14,19-34,39-41H2,1-6H3,(H,66,79)(H,67,80)(H,68,81)(H,69,82)/t64-,65-/m0/s1. The number of esters is 1. The normalized spacial score (nSPS) is 13.3. The fourth-order valence-electron chi connectivity index (χ4n) is 10.7. The summed E-state index contributed by atoms with van der Waals surface area (Å²) in [5.41, 5.74) is -0.0942. The van der Waals surface area contributed by atoms with Crippen molar-refractivity contribution >= 4 is 57.9 Å². The Morgan fingerprint density at radius 3 is 1.47 bits per heavy atom. The average molecular weight is 1280 g/mol. The number of nitrogens with one attached hydrogen (secondary N) is 4. The third kappa shape index (κ3) is 17.2. The second kappa shape index (κ2) is 32.4. The second-order valence-electron chi connectivity index (χ2n) is 22.7. The summed E-state index contributed by atoms with van der Waals surface area (Å²) in [6, 6.07) is 22.2. The minimum atomic E-state index is -2.16. The van der Waals surface area contributed by atoms with Crippen molar-refractivity contribution in [1.29, 1.82) is 0 Å². The molecule has 27 nitrogen and oxygen atoms in total. The first-order valence-corrected chi connectivity index (χ1v) is 30.8. The van der Waals surface area contributed by atoms with Crippen LogP contribution in [0.4, 0.5) is 14.4 Å². The van der Waals surface area contributed by atoms with Gasteiger partial charge >= 0.3 is 24.3 Å². The number of alkyl carbamates (subject to hydrolysis) is 2. The summed E-state index contributed by atoms with van der Waals surface area (Å²) >= 11 is 0. The highest BCUT2D eigenvalue weighted by Gasteiger charge is 2.43. The van der Waals surface area contributed by atoms with E-state index in [0.717, 1.165) is 27.4 Å². The minimum absolute atomic E-state index is 0.0141.